The van der Waals surface area contributed by atoms with Gasteiger partial charge in [-0.1, -0.05) is 13.8 Å². The number of hydrogen-bond donors (Lipinski definition) is 4. The van der Waals surface area contributed by atoms with Crippen molar-refractivity contribution in [1.82, 2.24) is 16.0 Å². The Morgan fingerprint density at radius 1 is 1.24 bits per heavy atom. The highest BCUT2D eigenvalue weighted by Crippen LogP contribution is 2.04. The van der Waals surface area contributed by atoms with Crippen LogP contribution in [0.2, 0.25) is 0 Å². The Bertz CT molecular complexity index is 291. The van der Waals surface area contributed by atoms with Crippen LogP contribution in [0.5, 0.6) is 0 Å². The molecule has 0 aliphatic rings. The van der Waals surface area contributed by atoms with E-state index in [1.165, 1.54) is 7.05 Å². The normalized spacial score (nSPS) is 11.8. The van der Waals surface area contributed by atoms with Crippen LogP contribution in [0.25, 0.3) is 0 Å². The van der Waals surface area contributed by atoms with E-state index in [9.17, 15) is 14.4 Å². The molecule has 0 aliphatic heterocycles. The molecule has 0 aromatic heterocycles. The van der Waals surface area contributed by atoms with Crippen LogP contribution < -0.4 is 16.0 Å². The van der Waals surface area contributed by atoms with Crippen LogP contribution in [-0.2, 0) is 9.59 Å². The third-order valence-electron chi connectivity index (χ3n) is 2.00. The molecule has 0 bridgehead atoms. The first kappa shape index (κ1) is 15.2. The summed E-state index contributed by atoms with van der Waals surface area (Å²) in [6.07, 6.45) is 0.336. The van der Waals surface area contributed by atoms with Gasteiger partial charge >= 0.3 is 12.0 Å². The Hall–Kier alpha value is -1.79. The molecule has 0 saturated heterocycles. The molecule has 17 heavy (non-hydrogen) atoms. The summed E-state index contributed by atoms with van der Waals surface area (Å²) in [5.41, 5.74) is 0. The molecule has 0 aromatic carbocycles. The summed E-state index contributed by atoms with van der Waals surface area (Å²) in [7, 11) is 1.45. The highest BCUT2D eigenvalue weighted by Gasteiger charge is 2.20. The molecule has 0 aliphatic carbocycles. The number of amides is 3. The van der Waals surface area contributed by atoms with Crippen LogP contribution in [0.1, 0.15) is 20.3 Å². The summed E-state index contributed by atoms with van der Waals surface area (Å²) in [6, 6.07) is -1.61. The van der Waals surface area contributed by atoms with Gasteiger partial charge in [-0.2, -0.15) is 0 Å². The van der Waals surface area contributed by atoms with Crippen molar-refractivity contribution in [3.05, 3.63) is 0 Å². The maximum atomic E-state index is 11.3. The van der Waals surface area contributed by atoms with Gasteiger partial charge in [-0.25, -0.2) is 9.59 Å². The Kier molecular flexibility index (Phi) is 6.69. The second-order valence-corrected chi connectivity index (χ2v) is 4.02. The fourth-order valence-electron chi connectivity index (χ4n) is 1.15. The molecule has 98 valence electrons. The van der Waals surface area contributed by atoms with Gasteiger partial charge in [0.15, 0.2) is 0 Å². The zero-order valence-corrected chi connectivity index (χ0v) is 10.2. The molecule has 0 fully saturated rings. The van der Waals surface area contributed by atoms with Gasteiger partial charge in [0, 0.05) is 7.05 Å². The molecule has 0 spiro atoms. The van der Waals surface area contributed by atoms with Crippen molar-refractivity contribution in [3.8, 4) is 0 Å². The van der Waals surface area contributed by atoms with E-state index in [2.05, 4.69) is 16.0 Å². The lowest BCUT2D eigenvalue weighted by Gasteiger charge is -2.16. The monoisotopic (exact) mass is 245 g/mol. The molecule has 1 unspecified atom stereocenters. The third kappa shape index (κ3) is 7.15. The fraction of sp³-hybridized carbons (Fsp3) is 0.700. The average Bonchev–Trinajstić information content (AvgIpc) is 2.24. The number of urea groups is 1. The van der Waals surface area contributed by atoms with Crippen LogP contribution in [0.4, 0.5) is 4.79 Å². The summed E-state index contributed by atoms with van der Waals surface area (Å²) >= 11 is 0. The van der Waals surface area contributed by atoms with Crippen LogP contribution in [0.3, 0.4) is 0 Å². The first-order valence-electron chi connectivity index (χ1n) is 5.34. The standard InChI is InChI=1S/C10H19N3O4/c1-6(2)4-7(9(15)16)13-10(17)12-5-8(14)11-3/h6-7H,4-5H2,1-3H3,(H,11,14)(H,15,16)(H2,12,13,17). The Morgan fingerprint density at radius 2 is 1.82 bits per heavy atom. The average molecular weight is 245 g/mol. The van der Waals surface area contributed by atoms with Crippen molar-refractivity contribution in [1.29, 1.82) is 0 Å². The van der Waals surface area contributed by atoms with Gasteiger partial charge in [0.1, 0.15) is 6.04 Å². The molecule has 1 atom stereocenters. The summed E-state index contributed by atoms with van der Waals surface area (Å²) < 4.78 is 0. The van der Waals surface area contributed by atoms with E-state index in [1.54, 1.807) is 0 Å². The van der Waals surface area contributed by atoms with E-state index in [0.29, 0.717) is 6.42 Å². The smallest absolute Gasteiger partial charge is 0.326 e. The largest absolute Gasteiger partial charge is 0.480 e. The molecule has 0 rings (SSSR count). The van der Waals surface area contributed by atoms with E-state index < -0.39 is 18.0 Å². The molecule has 3 amide bonds. The number of nitrogens with one attached hydrogen (secondary N) is 3. The Balaban J connectivity index is 4.13. The molecule has 7 nitrogen and oxygen atoms in total. The lowest BCUT2D eigenvalue weighted by molar-refractivity contribution is -0.139. The number of carbonyl (C=O) groups is 3. The predicted octanol–water partition coefficient (Wildman–Crippen LogP) is -0.469. The third-order valence-corrected chi connectivity index (χ3v) is 2.00. The molecule has 4 N–H and O–H groups in total. The molecule has 0 radical (unpaired) electrons. The number of aliphatic carboxylic acids is 1. The lowest BCUT2D eigenvalue weighted by atomic mass is 10.0. The number of likely N-dealkylation sites (N-methyl/N-ethyl adjacent to an activating group) is 1. The Morgan fingerprint density at radius 3 is 2.24 bits per heavy atom. The second kappa shape index (κ2) is 7.48. The van der Waals surface area contributed by atoms with Crippen molar-refractivity contribution < 1.29 is 19.5 Å². The number of carboxylic acid groups (broad SMARTS) is 1. The first-order chi connectivity index (χ1) is 7.86. The van der Waals surface area contributed by atoms with Crippen molar-refractivity contribution in [2.45, 2.75) is 26.3 Å². The second-order valence-electron chi connectivity index (χ2n) is 4.02. The van der Waals surface area contributed by atoms with E-state index in [4.69, 9.17) is 5.11 Å². The van der Waals surface area contributed by atoms with E-state index >= 15 is 0 Å². The zero-order valence-electron chi connectivity index (χ0n) is 10.2. The van der Waals surface area contributed by atoms with Gasteiger partial charge in [-0.15, -0.1) is 0 Å². The molecular weight excluding hydrogens is 226 g/mol. The van der Waals surface area contributed by atoms with Crippen LogP contribution >= 0.6 is 0 Å². The zero-order chi connectivity index (χ0) is 13.4. The summed E-state index contributed by atoms with van der Waals surface area (Å²) in [5.74, 6) is -1.29. The minimum Gasteiger partial charge on any atom is -0.480 e. The van der Waals surface area contributed by atoms with E-state index in [-0.39, 0.29) is 18.4 Å². The molecule has 0 aromatic rings. The maximum Gasteiger partial charge on any atom is 0.326 e. The molecule has 0 saturated carbocycles. The number of hydrogen-bond acceptors (Lipinski definition) is 3. The van der Waals surface area contributed by atoms with Crippen molar-refractivity contribution in [2.24, 2.45) is 5.92 Å². The predicted molar refractivity (Wildman–Crippen MR) is 61.5 cm³/mol. The Labute approximate surface area is 100.0 Å². The topological polar surface area (TPSA) is 108 Å². The van der Waals surface area contributed by atoms with Gasteiger partial charge in [-0.05, 0) is 12.3 Å². The first-order valence-corrected chi connectivity index (χ1v) is 5.34. The summed E-state index contributed by atoms with van der Waals surface area (Å²) in [5, 5.41) is 15.8. The van der Waals surface area contributed by atoms with E-state index in [0.717, 1.165) is 0 Å². The molecule has 0 heterocycles. The summed E-state index contributed by atoms with van der Waals surface area (Å²) in [6.45, 7) is 3.54. The van der Waals surface area contributed by atoms with E-state index in [1.807, 2.05) is 13.8 Å². The van der Waals surface area contributed by atoms with Crippen LogP contribution in [0.15, 0.2) is 0 Å². The minimum atomic E-state index is -1.09. The quantitative estimate of drug-likeness (QED) is 0.507. The highest BCUT2D eigenvalue weighted by molar-refractivity contribution is 5.86. The maximum absolute atomic E-state index is 11.3. The number of rotatable bonds is 6. The van der Waals surface area contributed by atoms with Gasteiger partial charge in [-0.3, -0.25) is 4.79 Å². The molecule has 7 heteroatoms. The number of carbonyl (C=O) groups excluding carboxylic acids is 2. The van der Waals surface area contributed by atoms with Crippen LogP contribution in [-0.4, -0.2) is 42.6 Å². The van der Waals surface area contributed by atoms with Gasteiger partial charge in [0.25, 0.3) is 0 Å². The van der Waals surface area contributed by atoms with Gasteiger partial charge in [0.2, 0.25) is 5.91 Å². The molecular formula is C10H19N3O4. The van der Waals surface area contributed by atoms with Gasteiger partial charge < -0.3 is 21.1 Å². The van der Waals surface area contributed by atoms with Crippen molar-refractivity contribution >= 4 is 17.9 Å². The SMILES string of the molecule is CNC(=O)CNC(=O)NC(CC(C)C)C(=O)O. The van der Waals surface area contributed by atoms with Crippen molar-refractivity contribution in [3.63, 3.8) is 0 Å². The van der Waals surface area contributed by atoms with Gasteiger partial charge in [0.05, 0.1) is 6.54 Å². The number of carboxylic acids is 1. The van der Waals surface area contributed by atoms with Crippen molar-refractivity contribution in [2.75, 3.05) is 13.6 Å². The summed E-state index contributed by atoms with van der Waals surface area (Å²) in [4.78, 5) is 33.0. The van der Waals surface area contributed by atoms with Crippen LogP contribution in [0, 0.1) is 5.92 Å². The minimum absolute atomic E-state index is 0.148. The lowest BCUT2D eigenvalue weighted by Crippen LogP contribution is -2.48. The fourth-order valence-corrected chi connectivity index (χ4v) is 1.15. The highest BCUT2D eigenvalue weighted by atomic mass is 16.4.